The average Bonchev–Trinajstić information content (AvgIpc) is 2.18. The number of aryl methyl sites for hydroxylation is 1. The van der Waals surface area contributed by atoms with Gasteiger partial charge in [0.25, 0.3) is 6.43 Å². The Labute approximate surface area is 89.5 Å². The molecule has 0 saturated heterocycles. The number of nitrogens with one attached hydrogen (secondary N) is 1. The van der Waals surface area contributed by atoms with Gasteiger partial charge in [0.15, 0.2) is 0 Å². The highest BCUT2D eigenvalue weighted by Gasteiger charge is 2.35. The highest BCUT2D eigenvalue weighted by molar-refractivity contribution is 5.28. The second-order valence-electron chi connectivity index (χ2n) is 3.90. The molecule has 0 bridgehead atoms. The highest BCUT2D eigenvalue weighted by atomic mass is 19.3. The Morgan fingerprint density at radius 1 is 1.27 bits per heavy atom. The van der Waals surface area contributed by atoms with Gasteiger partial charge < -0.3 is 5.32 Å². The van der Waals surface area contributed by atoms with Gasteiger partial charge in [0.05, 0.1) is 0 Å². The molecule has 0 fully saturated rings. The summed E-state index contributed by atoms with van der Waals surface area (Å²) in [5.74, 6) is 0. The molecule has 0 aliphatic rings. The molecule has 15 heavy (non-hydrogen) atoms. The monoisotopic (exact) mass is 213 g/mol. The van der Waals surface area contributed by atoms with Crippen LogP contribution in [0.1, 0.15) is 25.0 Å². The van der Waals surface area contributed by atoms with Crippen LogP contribution in [0.25, 0.3) is 0 Å². The molecule has 0 aromatic heterocycles. The topological polar surface area (TPSA) is 12.0 Å². The number of rotatable bonds is 4. The summed E-state index contributed by atoms with van der Waals surface area (Å²) in [6.45, 7) is 5.83. The first-order valence-corrected chi connectivity index (χ1v) is 5.11. The van der Waals surface area contributed by atoms with E-state index in [1.165, 1.54) is 6.92 Å². The van der Waals surface area contributed by atoms with E-state index in [9.17, 15) is 8.78 Å². The molecule has 0 aliphatic carbocycles. The third-order valence-corrected chi connectivity index (χ3v) is 2.63. The van der Waals surface area contributed by atoms with Crippen molar-refractivity contribution in [2.45, 2.75) is 32.7 Å². The smallest absolute Gasteiger partial charge is 0.260 e. The minimum Gasteiger partial charge on any atom is -0.303 e. The normalized spacial score (nSPS) is 15.3. The number of benzene rings is 1. The third-order valence-electron chi connectivity index (χ3n) is 2.63. The van der Waals surface area contributed by atoms with Crippen molar-refractivity contribution in [1.82, 2.24) is 5.32 Å². The first-order valence-electron chi connectivity index (χ1n) is 5.11. The van der Waals surface area contributed by atoms with Crippen LogP contribution < -0.4 is 5.32 Å². The van der Waals surface area contributed by atoms with E-state index in [0.29, 0.717) is 12.1 Å². The molecule has 1 atom stereocenters. The standard InChI is InChI=1S/C12H17F2N/c1-4-15-12(3,11(13)14)10-7-5-9(2)6-8-10/h5-8,11,15H,4H2,1-3H3. The van der Waals surface area contributed by atoms with Gasteiger partial charge in [-0.15, -0.1) is 0 Å². The van der Waals surface area contributed by atoms with Crippen molar-refractivity contribution in [2.75, 3.05) is 6.54 Å². The fourth-order valence-electron chi connectivity index (χ4n) is 1.57. The van der Waals surface area contributed by atoms with Crippen molar-refractivity contribution in [1.29, 1.82) is 0 Å². The lowest BCUT2D eigenvalue weighted by molar-refractivity contribution is 0.0394. The summed E-state index contributed by atoms with van der Waals surface area (Å²) >= 11 is 0. The molecule has 1 rings (SSSR count). The molecule has 0 radical (unpaired) electrons. The predicted octanol–water partition coefficient (Wildman–Crippen LogP) is 3.08. The minimum absolute atomic E-state index is 0.523. The van der Waals surface area contributed by atoms with Crippen LogP contribution >= 0.6 is 0 Å². The number of halogens is 2. The van der Waals surface area contributed by atoms with E-state index in [2.05, 4.69) is 5.32 Å². The van der Waals surface area contributed by atoms with Gasteiger partial charge in [0.1, 0.15) is 5.54 Å². The molecule has 1 aromatic rings. The fraction of sp³-hybridized carbons (Fsp3) is 0.500. The fourth-order valence-corrected chi connectivity index (χ4v) is 1.57. The van der Waals surface area contributed by atoms with Crippen molar-refractivity contribution < 1.29 is 8.78 Å². The van der Waals surface area contributed by atoms with Crippen LogP contribution in [-0.2, 0) is 5.54 Å². The zero-order chi connectivity index (χ0) is 11.5. The highest BCUT2D eigenvalue weighted by Crippen LogP contribution is 2.28. The molecule has 0 heterocycles. The summed E-state index contributed by atoms with van der Waals surface area (Å²) in [6.07, 6.45) is -2.42. The Kier molecular flexibility index (Phi) is 3.80. The molecule has 0 spiro atoms. The van der Waals surface area contributed by atoms with E-state index in [4.69, 9.17) is 0 Å². The Morgan fingerprint density at radius 3 is 2.20 bits per heavy atom. The average molecular weight is 213 g/mol. The Bertz CT molecular complexity index is 308. The van der Waals surface area contributed by atoms with E-state index in [-0.39, 0.29) is 0 Å². The van der Waals surface area contributed by atoms with Crippen LogP contribution in [0.2, 0.25) is 0 Å². The van der Waals surface area contributed by atoms with Crippen LogP contribution in [0.15, 0.2) is 24.3 Å². The maximum atomic E-state index is 13.0. The Balaban J connectivity index is 3.04. The zero-order valence-electron chi connectivity index (χ0n) is 9.35. The van der Waals surface area contributed by atoms with Gasteiger partial charge in [-0.05, 0) is 26.0 Å². The lowest BCUT2D eigenvalue weighted by Crippen LogP contribution is -2.45. The summed E-state index contributed by atoms with van der Waals surface area (Å²) in [5.41, 5.74) is 0.458. The molecule has 0 saturated carbocycles. The second kappa shape index (κ2) is 4.71. The molecular weight excluding hydrogens is 196 g/mol. The molecule has 0 amide bonds. The SMILES string of the molecule is CCNC(C)(c1ccc(C)cc1)C(F)F. The third kappa shape index (κ3) is 2.53. The van der Waals surface area contributed by atoms with Crippen molar-refractivity contribution in [3.05, 3.63) is 35.4 Å². The van der Waals surface area contributed by atoms with Crippen LogP contribution in [0.5, 0.6) is 0 Å². The van der Waals surface area contributed by atoms with Crippen molar-refractivity contribution >= 4 is 0 Å². The lowest BCUT2D eigenvalue weighted by Gasteiger charge is -2.30. The summed E-state index contributed by atoms with van der Waals surface area (Å²) in [5, 5.41) is 2.84. The molecule has 0 aliphatic heterocycles. The van der Waals surface area contributed by atoms with Crippen LogP contribution in [0.4, 0.5) is 8.78 Å². The lowest BCUT2D eigenvalue weighted by atomic mass is 9.92. The van der Waals surface area contributed by atoms with E-state index >= 15 is 0 Å². The van der Waals surface area contributed by atoms with Gasteiger partial charge in [0.2, 0.25) is 0 Å². The molecule has 1 unspecified atom stereocenters. The van der Waals surface area contributed by atoms with E-state index in [0.717, 1.165) is 5.56 Å². The summed E-state index contributed by atoms with van der Waals surface area (Å²) in [6, 6.07) is 7.22. The molecule has 84 valence electrons. The van der Waals surface area contributed by atoms with Gasteiger partial charge >= 0.3 is 0 Å². The molecule has 3 heteroatoms. The van der Waals surface area contributed by atoms with Crippen molar-refractivity contribution in [3.8, 4) is 0 Å². The van der Waals surface area contributed by atoms with E-state index in [1.54, 1.807) is 12.1 Å². The van der Waals surface area contributed by atoms with Crippen molar-refractivity contribution in [3.63, 3.8) is 0 Å². The maximum absolute atomic E-state index is 13.0. The van der Waals surface area contributed by atoms with E-state index in [1.807, 2.05) is 26.0 Å². The van der Waals surface area contributed by atoms with Crippen molar-refractivity contribution in [2.24, 2.45) is 0 Å². The molecule has 1 aromatic carbocycles. The maximum Gasteiger partial charge on any atom is 0.260 e. The summed E-state index contributed by atoms with van der Waals surface area (Å²) < 4.78 is 26.0. The molecule has 1 nitrogen and oxygen atoms in total. The first kappa shape index (κ1) is 12.1. The second-order valence-corrected chi connectivity index (χ2v) is 3.90. The summed E-state index contributed by atoms with van der Waals surface area (Å²) in [4.78, 5) is 0. The molecule has 1 N–H and O–H groups in total. The van der Waals surface area contributed by atoms with Gasteiger partial charge in [-0.3, -0.25) is 0 Å². The number of hydrogen-bond donors (Lipinski definition) is 1. The van der Waals surface area contributed by atoms with Gasteiger partial charge in [0, 0.05) is 0 Å². The summed E-state index contributed by atoms with van der Waals surface area (Å²) in [7, 11) is 0. The van der Waals surface area contributed by atoms with Gasteiger partial charge in [-0.1, -0.05) is 36.8 Å². The number of alkyl halides is 2. The van der Waals surface area contributed by atoms with Gasteiger partial charge in [-0.2, -0.15) is 0 Å². The largest absolute Gasteiger partial charge is 0.303 e. The Hall–Kier alpha value is -0.960. The molecular formula is C12H17F2N. The Morgan fingerprint density at radius 2 is 1.80 bits per heavy atom. The quantitative estimate of drug-likeness (QED) is 0.810. The van der Waals surface area contributed by atoms with Crippen LogP contribution in [0.3, 0.4) is 0 Å². The number of hydrogen-bond acceptors (Lipinski definition) is 1. The van der Waals surface area contributed by atoms with Crippen LogP contribution in [-0.4, -0.2) is 13.0 Å². The van der Waals surface area contributed by atoms with Gasteiger partial charge in [-0.25, -0.2) is 8.78 Å². The van der Waals surface area contributed by atoms with E-state index < -0.39 is 12.0 Å². The first-order chi connectivity index (χ1) is 7.00. The zero-order valence-corrected chi connectivity index (χ0v) is 9.35. The minimum atomic E-state index is -2.42. The van der Waals surface area contributed by atoms with Crippen LogP contribution in [0, 0.1) is 6.92 Å². The predicted molar refractivity (Wildman–Crippen MR) is 58.2 cm³/mol.